The molecule has 0 aliphatic carbocycles. The quantitative estimate of drug-likeness (QED) is 0.770. The molecule has 2 N–H and O–H groups in total. The molecule has 17 heavy (non-hydrogen) atoms. The molecule has 0 aromatic heterocycles. The fourth-order valence-electron chi connectivity index (χ4n) is 1.19. The Hall–Kier alpha value is -1.31. The summed E-state index contributed by atoms with van der Waals surface area (Å²) in [6.07, 6.45) is -10.1. The monoisotopic (exact) mass is 261 g/mol. The van der Waals surface area contributed by atoms with Crippen molar-refractivity contribution in [2.45, 2.75) is 18.4 Å². The lowest BCUT2D eigenvalue weighted by Crippen LogP contribution is -2.30. The van der Waals surface area contributed by atoms with E-state index in [-0.39, 0.29) is 0 Å². The molecule has 1 nitrogen and oxygen atoms in total. The molecule has 0 aliphatic rings. The molecule has 1 rings (SSSR count). The molecule has 0 fully saturated rings. The number of hydrogen-bond donors (Lipinski definition) is 1. The second-order valence-corrected chi connectivity index (χ2v) is 3.23. The molecule has 1 aromatic carbocycles. The van der Waals surface area contributed by atoms with Crippen LogP contribution in [-0.2, 0) is 6.18 Å². The van der Waals surface area contributed by atoms with Gasteiger partial charge in [-0.25, -0.2) is 4.39 Å². The minimum absolute atomic E-state index is 0.349. The molecule has 0 bridgehead atoms. The Bertz CT molecular complexity index is 407. The van der Waals surface area contributed by atoms with E-state index in [1.807, 2.05) is 0 Å². The predicted octanol–water partition coefficient (Wildman–Crippen LogP) is 3.41. The molecular formula is C9H6F7N. The number of nitrogens with two attached hydrogens (primary N) is 1. The Morgan fingerprint density at radius 2 is 1.53 bits per heavy atom. The maximum atomic E-state index is 13.2. The SMILES string of the molecule is N[C@@H](c1cccc(C(F)(F)F)c1F)C(F)(F)F. The van der Waals surface area contributed by atoms with Crippen molar-refractivity contribution in [2.24, 2.45) is 5.73 Å². The van der Waals surface area contributed by atoms with E-state index >= 15 is 0 Å². The van der Waals surface area contributed by atoms with Gasteiger partial charge >= 0.3 is 12.4 Å². The average Bonchev–Trinajstić information content (AvgIpc) is 2.13. The van der Waals surface area contributed by atoms with Crippen LogP contribution in [0.3, 0.4) is 0 Å². The zero-order chi connectivity index (χ0) is 13.4. The Morgan fingerprint density at radius 3 is 1.94 bits per heavy atom. The highest BCUT2D eigenvalue weighted by Gasteiger charge is 2.42. The molecule has 0 heterocycles. The van der Waals surface area contributed by atoms with Crippen LogP contribution in [-0.4, -0.2) is 6.18 Å². The van der Waals surface area contributed by atoms with Crippen LogP contribution in [0.1, 0.15) is 17.2 Å². The van der Waals surface area contributed by atoms with Crippen molar-refractivity contribution < 1.29 is 30.7 Å². The van der Waals surface area contributed by atoms with Gasteiger partial charge < -0.3 is 5.73 Å². The van der Waals surface area contributed by atoms with Crippen LogP contribution in [0.2, 0.25) is 0 Å². The smallest absolute Gasteiger partial charge is 0.316 e. The van der Waals surface area contributed by atoms with Gasteiger partial charge in [0.15, 0.2) is 0 Å². The summed E-state index contributed by atoms with van der Waals surface area (Å²) in [5, 5.41) is 0. The van der Waals surface area contributed by atoms with Crippen LogP contribution < -0.4 is 5.73 Å². The van der Waals surface area contributed by atoms with Crippen molar-refractivity contribution in [3.8, 4) is 0 Å². The van der Waals surface area contributed by atoms with Crippen LogP contribution in [0.15, 0.2) is 18.2 Å². The second-order valence-electron chi connectivity index (χ2n) is 3.23. The molecule has 96 valence electrons. The molecule has 0 spiro atoms. The number of rotatable bonds is 1. The van der Waals surface area contributed by atoms with Crippen molar-refractivity contribution in [3.63, 3.8) is 0 Å². The highest BCUT2D eigenvalue weighted by molar-refractivity contribution is 5.30. The molecule has 8 heteroatoms. The number of alkyl halides is 6. The number of halogens is 7. The summed E-state index contributed by atoms with van der Waals surface area (Å²) in [5.74, 6) is -2.00. The first-order chi connectivity index (χ1) is 7.55. The van der Waals surface area contributed by atoms with E-state index in [1.165, 1.54) is 0 Å². The first-order valence-corrected chi connectivity index (χ1v) is 4.23. The first-order valence-electron chi connectivity index (χ1n) is 4.23. The van der Waals surface area contributed by atoms with Gasteiger partial charge in [0, 0.05) is 5.56 Å². The second kappa shape index (κ2) is 4.17. The van der Waals surface area contributed by atoms with Crippen LogP contribution in [0.4, 0.5) is 30.7 Å². The molecular weight excluding hydrogens is 255 g/mol. The third-order valence-electron chi connectivity index (χ3n) is 2.02. The van der Waals surface area contributed by atoms with Gasteiger partial charge in [-0.05, 0) is 6.07 Å². The third-order valence-corrected chi connectivity index (χ3v) is 2.02. The summed E-state index contributed by atoms with van der Waals surface area (Å²) < 4.78 is 86.4. The van der Waals surface area contributed by atoms with E-state index in [4.69, 9.17) is 0 Å². The van der Waals surface area contributed by atoms with Gasteiger partial charge in [-0.3, -0.25) is 0 Å². The lowest BCUT2D eigenvalue weighted by atomic mass is 10.0. The highest BCUT2D eigenvalue weighted by Crippen LogP contribution is 2.37. The van der Waals surface area contributed by atoms with Gasteiger partial charge in [-0.1, -0.05) is 12.1 Å². The lowest BCUT2D eigenvalue weighted by molar-refractivity contribution is -0.151. The summed E-state index contributed by atoms with van der Waals surface area (Å²) in [5.41, 5.74) is 1.65. The van der Waals surface area contributed by atoms with Gasteiger partial charge in [0.1, 0.15) is 11.9 Å². The minimum Gasteiger partial charge on any atom is -0.316 e. The average molecular weight is 261 g/mol. The number of benzene rings is 1. The predicted molar refractivity (Wildman–Crippen MR) is 44.4 cm³/mol. The molecule has 0 saturated heterocycles. The minimum atomic E-state index is -5.06. The molecule has 0 amide bonds. The maximum Gasteiger partial charge on any atom is 0.419 e. The summed E-state index contributed by atoms with van der Waals surface area (Å²) in [4.78, 5) is 0. The van der Waals surface area contributed by atoms with Crippen LogP contribution in [0, 0.1) is 5.82 Å². The summed E-state index contributed by atoms with van der Waals surface area (Å²) >= 11 is 0. The normalized spacial score (nSPS) is 14.8. The van der Waals surface area contributed by atoms with Gasteiger partial charge in [-0.15, -0.1) is 0 Å². The highest BCUT2D eigenvalue weighted by atomic mass is 19.4. The largest absolute Gasteiger partial charge is 0.419 e. The first kappa shape index (κ1) is 13.8. The number of hydrogen-bond acceptors (Lipinski definition) is 1. The third kappa shape index (κ3) is 2.87. The molecule has 0 aliphatic heterocycles. The molecule has 1 atom stereocenters. The maximum absolute atomic E-state index is 13.2. The molecule has 0 saturated carbocycles. The van der Waals surface area contributed by atoms with Crippen molar-refractivity contribution in [1.29, 1.82) is 0 Å². The van der Waals surface area contributed by atoms with E-state index in [1.54, 1.807) is 0 Å². The summed E-state index contributed by atoms with van der Waals surface area (Å²) in [7, 11) is 0. The van der Waals surface area contributed by atoms with E-state index < -0.39 is 35.3 Å². The van der Waals surface area contributed by atoms with Crippen molar-refractivity contribution >= 4 is 0 Å². The zero-order valence-corrected chi connectivity index (χ0v) is 8.03. The van der Waals surface area contributed by atoms with E-state index in [2.05, 4.69) is 5.73 Å². The molecule has 0 unspecified atom stereocenters. The topological polar surface area (TPSA) is 26.0 Å². The van der Waals surface area contributed by atoms with Gasteiger partial charge in [0.25, 0.3) is 0 Å². The molecule has 0 radical (unpaired) electrons. The van der Waals surface area contributed by atoms with Crippen molar-refractivity contribution in [3.05, 3.63) is 35.1 Å². The van der Waals surface area contributed by atoms with Gasteiger partial charge in [0.05, 0.1) is 5.56 Å². The van der Waals surface area contributed by atoms with Crippen molar-refractivity contribution in [1.82, 2.24) is 0 Å². The lowest BCUT2D eigenvalue weighted by Gasteiger charge is -2.18. The summed E-state index contributed by atoms with van der Waals surface area (Å²) in [6.45, 7) is 0. The van der Waals surface area contributed by atoms with Crippen LogP contribution in [0.5, 0.6) is 0 Å². The summed E-state index contributed by atoms with van der Waals surface area (Å²) in [6, 6.07) is -1.19. The fraction of sp³-hybridized carbons (Fsp3) is 0.333. The zero-order valence-electron chi connectivity index (χ0n) is 8.03. The Labute approximate surface area is 91.0 Å². The van der Waals surface area contributed by atoms with E-state index in [0.717, 1.165) is 0 Å². The Morgan fingerprint density at radius 1 is 1.00 bits per heavy atom. The standard InChI is InChI=1S/C9H6F7N/c10-6-4(7(17)9(14,15)16)2-1-3-5(6)8(11,12)13/h1-3,7H,17H2/t7-/m0/s1. The Balaban J connectivity index is 3.30. The van der Waals surface area contributed by atoms with E-state index in [0.29, 0.717) is 18.2 Å². The van der Waals surface area contributed by atoms with Crippen LogP contribution in [0.25, 0.3) is 0 Å². The van der Waals surface area contributed by atoms with Crippen molar-refractivity contribution in [2.75, 3.05) is 0 Å². The van der Waals surface area contributed by atoms with Gasteiger partial charge in [0.2, 0.25) is 0 Å². The Kier molecular flexibility index (Phi) is 3.37. The van der Waals surface area contributed by atoms with E-state index in [9.17, 15) is 30.7 Å². The van der Waals surface area contributed by atoms with Gasteiger partial charge in [-0.2, -0.15) is 26.3 Å². The van der Waals surface area contributed by atoms with Crippen LogP contribution >= 0.6 is 0 Å². The molecule has 1 aromatic rings. The fourth-order valence-corrected chi connectivity index (χ4v) is 1.19.